The average Bonchev–Trinajstić information content (AvgIpc) is 2.87. The van der Waals surface area contributed by atoms with Crippen molar-refractivity contribution >= 4 is 11.6 Å². The molecule has 5 nitrogen and oxygen atoms in total. The molecule has 0 spiro atoms. The maximum absolute atomic E-state index is 12.4. The summed E-state index contributed by atoms with van der Waals surface area (Å²) in [6, 6.07) is 5.98. The van der Waals surface area contributed by atoms with Crippen molar-refractivity contribution < 1.29 is 9.53 Å². The number of aryl methyl sites for hydroxylation is 2. The van der Waals surface area contributed by atoms with E-state index in [0.29, 0.717) is 18.9 Å². The van der Waals surface area contributed by atoms with Gasteiger partial charge in [-0.05, 0) is 31.0 Å². The standard InChI is InChI=1S/C15H17N3O2/c1-9-3-4-10(2)13(7-9)16-15(19)14-11-8-20-6-5-12(11)17-18-14/h3-4,7H,5-6,8H2,1-2H3,(H,16,19)(H,17,18). The van der Waals surface area contributed by atoms with E-state index in [9.17, 15) is 4.79 Å². The predicted octanol–water partition coefficient (Wildman–Crippen LogP) is 2.35. The number of benzene rings is 1. The molecule has 1 aliphatic heterocycles. The first kappa shape index (κ1) is 12.9. The molecule has 3 rings (SSSR count). The van der Waals surface area contributed by atoms with E-state index in [2.05, 4.69) is 15.5 Å². The number of rotatable bonds is 2. The normalized spacial score (nSPS) is 13.9. The summed E-state index contributed by atoms with van der Waals surface area (Å²) in [6.07, 6.45) is 0.777. The van der Waals surface area contributed by atoms with Crippen molar-refractivity contribution in [2.75, 3.05) is 11.9 Å². The number of amides is 1. The lowest BCUT2D eigenvalue weighted by atomic mass is 10.1. The van der Waals surface area contributed by atoms with Crippen LogP contribution in [0.2, 0.25) is 0 Å². The zero-order chi connectivity index (χ0) is 14.1. The van der Waals surface area contributed by atoms with Gasteiger partial charge in [-0.15, -0.1) is 0 Å². The number of nitrogens with zero attached hydrogens (tertiary/aromatic N) is 1. The monoisotopic (exact) mass is 271 g/mol. The van der Waals surface area contributed by atoms with Crippen molar-refractivity contribution in [3.8, 4) is 0 Å². The lowest BCUT2D eigenvalue weighted by molar-refractivity contribution is 0.0985. The molecule has 0 fully saturated rings. The molecular formula is C15H17N3O2. The molecule has 2 aromatic rings. The van der Waals surface area contributed by atoms with E-state index in [1.54, 1.807) is 0 Å². The van der Waals surface area contributed by atoms with Gasteiger partial charge in [0.1, 0.15) is 0 Å². The van der Waals surface area contributed by atoms with Crippen LogP contribution in [0.15, 0.2) is 18.2 Å². The van der Waals surface area contributed by atoms with Crippen molar-refractivity contribution in [2.24, 2.45) is 0 Å². The van der Waals surface area contributed by atoms with Gasteiger partial charge >= 0.3 is 0 Å². The molecule has 1 aliphatic rings. The summed E-state index contributed by atoms with van der Waals surface area (Å²) in [5.74, 6) is -0.193. The number of hydrogen-bond acceptors (Lipinski definition) is 3. The van der Waals surface area contributed by atoms with Crippen LogP contribution in [0.25, 0.3) is 0 Å². The molecule has 0 unspecified atom stereocenters. The minimum Gasteiger partial charge on any atom is -0.376 e. The Morgan fingerprint density at radius 1 is 1.40 bits per heavy atom. The Morgan fingerprint density at radius 2 is 2.25 bits per heavy atom. The molecule has 0 saturated heterocycles. The Labute approximate surface area is 117 Å². The van der Waals surface area contributed by atoms with Crippen LogP contribution in [0.3, 0.4) is 0 Å². The maximum Gasteiger partial charge on any atom is 0.276 e. The lowest BCUT2D eigenvalue weighted by Crippen LogP contribution is -2.17. The number of ether oxygens (including phenoxy) is 1. The van der Waals surface area contributed by atoms with Crippen molar-refractivity contribution in [3.63, 3.8) is 0 Å². The Morgan fingerprint density at radius 3 is 3.10 bits per heavy atom. The van der Waals surface area contributed by atoms with Crippen LogP contribution < -0.4 is 5.32 Å². The summed E-state index contributed by atoms with van der Waals surface area (Å²) in [5, 5.41) is 9.98. The first-order chi connectivity index (χ1) is 9.65. The molecule has 0 atom stereocenters. The van der Waals surface area contributed by atoms with E-state index >= 15 is 0 Å². The number of nitrogens with one attached hydrogen (secondary N) is 2. The molecule has 0 radical (unpaired) electrons. The van der Waals surface area contributed by atoms with Gasteiger partial charge < -0.3 is 10.1 Å². The zero-order valence-corrected chi connectivity index (χ0v) is 11.6. The van der Waals surface area contributed by atoms with Crippen molar-refractivity contribution in [1.82, 2.24) is 10.2 Å². The molecule has 2 N–H and O–H groups in total. The van der Waals surface area contributed by atoms with E-state index < -0.39 is 0 Å². The van der Waals surface area contributed by atoms with Crippen LogP contribution in [-0.2, 0) is 17.8 Å². The molecule has 5 heteroatoms. The Bertz CT molecular complexity index is 661. The second-order valence-electron chi connectivity index (χ2n) is 5.10. The zero-order valence-electron chi connectivity index (χ0n) is 11.6. The fourth-order valence-corrected chi connectivity index (χ4v) is 2.35. The highest BCUT2D eigenvalue weighted by atomic mass is 16.5. The highest BCUT2D eigenvalue weighted by molar-refractivity contribution is 6.04. The Hall–Kier alpha value is -2.14. The van der Waals surface area contributed by atoms with Gasteiger partial charge in [-0.2, -0.15) is 5.10 Å². The highest BCUT2D eigenvalue weighted by Crippen LogP contribution is 2.21. The number of anilines is 1. The number of hydrogen-bond donors (Lipinski definition) is 2. The fraction of sp³-hybridized carbons (Fsp3) is 0.333. The summed E-state index contributed by atoms with van der Waals surface area (Å²) in [7, 11) is 0. The molecule has 104 valence electrons. The van der Waals surface area contributed by atoms with Crippen molar-refractivity contribution in [2.45, 2.75) is 26.9 Å². The quantitative estimate of drug-likeness (QED) is 0.881. The second-order valence-corrected chi connectivity index (χ2v) is 5.10. The Balaban J connectivity index is 1.86. The largest absolute Gasteiger partial charge is 0.376 e. The Kier molecular flexibility index (Phi) is 3.28. The van der Waals surface area contributed by atoms with Crippen LogP contribution in [0.4, 0.5) is 5.69 Å². The van der Waals surface area contributed by atoms with Crippen LogP contribution in [0, 0.1) is 13.8 Å². The average molecular weight is 271 g/mol. The topological polar surface area (TPSA) is 67.0 Å². The third-order valence-corrected chi connectivity index (χ3v) is 3.55. The van der Waals surface area contributed by atoms with Gasteiger partial charge in [0, 0.05) is 23.4 Å². The van der Waals surface area contributed by atoms with Crippen molar-refractivity contribution in [1.29, 1.82) is 0 Å². The first-order valence-corrected chi connectivity index (χ1v) is 6.67. The molecule has 2 heterocycles. The first-order valence-electron chi connectivity index (χ1n) is 6.67. The van der Waals surface area contributed by atoms with Gasteiger partial charge in [0.05, 0.1) is 13.2 Å². The number of carbonyl (C=O) groups excluding carboxylic acids is 1. The number of aromatic amines is 1. The summed E-state index contributed by atoms with van der Waals surface area (Å²) in [4.78, 5) is 12.4. The number of H-pyrrole nitrogens is 1. The third kappa shape index (κ3) is 2.32. The number of aromatic nitrogens is 2. The SMILES string of the molecule is Cc1ccc(C)c(NC(=O)c2n[nH]c3c2COCC3)c1. The van der Waals surface area contributed by atoms with E-state index in [1.165, 1.54) is 0 Å². The van der Waals surface area contributed by atoms with Gasteiger partial charge in [0.2, 0.25) is 0 Å². The van der Waals surface area contributed by atoms with E-state index in [1.807, 2.05) is 32.0 Å². The maximum atomic E-state index is 12.4. The minimum atomic E-state index is -0.193. The predicted molar refractivity (Wildman–Crippen MR) is 75.8 cm³/mol. The van der Waals surface area contributed by atoms with E-state index in [-0.39, 0.29) is 5.91 Å². The molecule has 20 heavy (non-hydrogen) atoms. The minimum absolute atomic E-state index is 0.193. The summed E-state index contributed by atoms with van der Waals surface area (Å²) < 4.78 is 5.40. The molecule has 0 bridgehead atoms. The molecule has 1 aromatic heterocycles. The van der Waals surface area contributed by atoms with E-state index in [4.69, 9.17) is 4.74 Å². The molecule has 1 aromatic carbocycles. The summed E-state index contributed by atoms with van der Waals surface area (Å²) in [6.45, 7) is 5.09. The number of fused-ring (bicyclic) bond motifs is 1. The molecule has 0 aliphatic carbocycles. The molecule has 1 amide bonds. The molecule has 0 saturated carbocycles. The van der Waals surface area contributed by atoms with Crippen LogP contribution >= 0.6 is 0 Å². The van der Waals surface area contributed by atoms with Crippen LogP contribution in [0.5, 0.6) is 0 Å². The van der Waals surface area contributed by atoms with Crippen LogP contribution in [0.1, 0.15) is 32.9 Å². The van der Waals surface area contributed by atoms with Crippen molar-refractivity contribution in [3.05, 3.63) is 46.3 Å². The van der Waals surface area contributed by atoms with Crippen LogP contribution in [-0.4, -0.2) is 22.7 Å². The van der Waals surface area contributed by atoms with E-state index in [0.717, 1.165) is 34.5 Å². The third-order valence-electron chi connectivity index (χ3n) is 3.55. The fourth-order valence-electron chi connectivity index (χ4n) is 2.35. The van der Waals surface area contributed by atoms with Gasteiger partial charge in [0.25, 0.3) is 5.91 Å². The second kappa shape index (κ2) is 5.09. The van der Waals surface area contributed by atoms with Gasteiger partial charge in [0.15, 0.2) is 5.69 Å². The number of carbonyl (C=O) groups is 1. The van der Waals surface area contributed by atoms with Gasteiger partial charge in [-0.25, -0.2) is 0 Å². The molecular weight excluding hydrogens is 254 g/mol. The van der Waals surface area contributed by atoms with Gasteiger partial charge in [-0.1, -0.05) is 12.1 Å². The summed E-state index contributed by atoms with van der Waals surface area (Å²) >= 11 is 0. The highest BCUT2D eigenvalue weighted by Gasteiger charge is 2.22. The van der Waals surface area contributed by atoms with Gasteiger partial charge in [-0.3, -0.25) is 9.89 Å². The smallest absolute Gasteiger partial charge is 0.276 e. The summed E-state index contributed by atoms with van der Waals surface area (Å²) in [5.41, 5.74) is 5.27. The lowest BCUT2D eigenvalue weighted by Gasteiger charge is -2.13.